The molecule has 23 heavy (non-hydrogen) atoms. The number of hydrogen-bond donors (Lipinski definition) is 1. The molecular weight excluding hydrogens is 290 g/mol. The topological polar surface area (TPSA) is 52.7 Å². The highest BCUT2D eigenvalue weighted by Gasteiger charge is 2.24. The molecule has 1 N–H and O–H groups in total. The zero-order valence-corrected chi connectivity index (χ0v) is 13.5. The van der Waals surface area contributed by atoms with Crippen molar-refractivity contribution in [2.24, 2.45) is 0 Å². The van der Waals surface area contributed by atoms with Gasteiger partial charge in [0.1, 0.15) is 0 Å². The van der Waals surface area contributed by atoms with Gasteiger partial charge in [-0.2, -0.15) is 0 Å². The van der Waals surface area contributed by atoms with Crippen LogP contribution in [0.2, 0.25) is 0 Å². The molecule has 0 aromatic heterocycles. The normalized spacial score (nSPS) is 21.7. The van der Waals surface area contributed by atoms with E-state index in [-0.39, 0.29) is 17.9 Å². The molecule has 0 aliphatic carbocycles. The van der Waals surface area contributed by atoms with Gasteiger partial charge in [0.05, 0.1) is 0 Å². The standard InChI is InChI=1S/C18H25N3O2/c22-17-8-4-11-20(17)12-5-9-18(23)21-13-10-19-16(14-21)15-6-2-1-3-7-15/h1-3,6-7,16,19H,4-5,8-14H2. The first-order valence-electron chi connectivity index (χ1n) is 8.58. The second-order valence-electron chi connectivity index (χ2n) is 6.35. The zero-order valence-electron chi connectivity index (χ0n) is 13.5. The lowest BCUT2D eigenvalue weighted by atomic mass is 10.0. The van der Waals surface area contributed by atoms with E-state index in [1.807, 2.05) is 28.0 Å². The third kappa shape index (κ3) is 4.10. The molecule has 1 atom stereocenters. The maximum absolute atomic E-state index is 12.4. The van der Waals surface area contributed by atoms with Crippen molar-refractivity contribution in [1.29, 1.82) is 0 Å². The van der Waals surface area contributed by atoms with Crippen LogP contribution in [-0.2, 0) is 9.59 Å². The lowest BCUT2D eigenvalue weighted by Crippen LogP contribution is -2.48. The van der Waals surface area contributed by atoms with Crippen LogP contribution in [0.3, 0.4) is 0 Å². The third-order valence-corrected chi connectivity index (χ3v) is 4.72. The first-order chi connectivity index (χ1) is 11.2. The molecule has 2 aliphatic rings. The fourth-order valence-corrected chi connectivity index (χ4v) is 3.40. The van der Waals surface area contributed by atoms with Gasteiger partial charge < -0.3 is 15.1 Å². The number of benzene rings is 1. The molecule has 0 radical (unpaired) electrons. The number of amides is 2. The quantitative estimate of drug-likeness (QED) is 0.897. The number of rotatable bonds is 5. The van der Waals surface area contributed by atoms with Crippen molar-refractivity contribution in [2.45, 2.75) is 31.7 Å². The molecule has 5 heteroatoms. The summed E-state index contributed by atoms with van der Waals surface area (Å²) >= 11 is 0. The molecule has 0 spiro atoms. The second-order valence-corrected chi connectivity index (χ2v) is 6.35. The molecule has 2 saturated heterocycles. The van der Waals surface area contributed by atoms with Crippen LogP contribution >= 0.6 is 0 Å². The van der Waals surface area contributed by atoms with Crippen LogP contribution < -0.4 is 5.32 Å². The number of carbonyl (C=O) groups excluding carboxylic acids is 2. The lowest BCUT2D eigenvalue weighted by Gasteiger charge is -2.34. The fourth-order valence-electron chi connectivity index (χ4n) is 3.40. The van der Waals surface area contributed by atoms with Crippen molar-refractivity contribution < 1.29 is 9.59 Å². The molecule has 1 aromatic carbocycles. The van der Waals surface area contributed by atoms with Crippen LogP contribution in [0.15, 0.2) is 30.3 Å². The summed E-state index contributed by atoms with van der Waals surface area (Å²) in [7, 11) is 0. The molecule has 2 aliphatic heterocycles. The van der Waals surface area contributed by atoms with Crippen LogP contribution in [0.5, 0.6) is 0 Å². The Morgan fingerprint density at radius 3 is 2.78 bits per heavy atom. The van der Waals surface area contributed by atoms with E-state index in [0.29, 0.717) is 12.8 Å². The van der Waals surface area contributed by atoms with Crippen molar-refractivity contribution in [3.63, 3.8) is 0 Å². The van der Waals surface area contributed by atoms with Crippen LogP contribution in [0, 0.1) is 0 Å². The Labute approximate surface area is 137 Å². The molecule has 0 bridgehead atoms. The largest absolute Gasteiger partial charge is 0.343 e. The Kier molecular flexibility index (Phi) is 5.28. The van der Waals surface area contributed by atoms with Gasteiger partial charge in [0.15, 0.2) is 0 Å². The molecule has 1 aromatic rings. The van der Waals surface area contributed by atoms with Gasteiger partial charge in [0, 0.05) is 51.6 Å². The Bertz CT molecular complexity index is 546. The van der Waals surface area contributed by atoms with E-state index in [9.17, 15) is 9.59 Å². The molecule has 5 nitrogen and oxygen atoms in total. The van der Waals surface area contributed by atoms with Gasteiger partial charge in [-0.1, -0.05) is 30.3 Å². The monoisotopic (exact) mass is 315 g/mol. The van der Waals surface area contributed by atoms with E-state index in [1.165, 1.54) is 5.56 Å². The fraction of sp³-hybridized carbons (Fsp3) is 0.556. The first kappa shape index (κ1) is 16.0. The van der Waals surface area contributed by atoms with E-state index in [1.54, 1.807) is 0 Å². The SMILES string of the molecule is O=C1CCCN1CCCC(=O)N1CCNC(c2ccccc2)C1. The summed E-state index contributed by atoms with van der Waals surface area (Å²) in [5, 5.41) is 3.48. The molecule has 0 saturated carbocycles. The van der Waals surface area contributed by atoms with Gasteiger partial charge in [0.2, 0.25) is 11.8 Å². The van der Waals surface area contributed by atoms with E-state index in [2.05, 4.69) is 17.4 Å². The van der Waals surface area contributed by atoms with E-state index >= 15 is 0 Å². The predicted octanol–water partition coefficient (Wildman–Crippen LogP) is 1.56. The minimum atomic E-state index is 0.207. The lowest BCUT2D eigenvalue weighted by molar-refractivity contribution is -0.133. The summed E-state index contributed by atoms with van der Waals surface area (Å²) in [4.78, 5) is 27.8. The summed E-state index contributed by atoms with van der Waals surface area (Å²) in [6.07, 6.45) is 2.93. The number of nitrogens with one attached hydrogen (secondary N) is 1. The van der Waals surface area contributed by atoms with E-state index < -0.39 is 0 Å². The summed E-state index contributed by atoms with van der Waals surface area (Å²) in [5.41, 5.74) is 1.23. The number of likely N-dealkylation sites (tertiary alicyclic amines) is 1. The van der Waals surface area contributed by atoms with Crippen LogP contribution in [0.25, 0.3) is 0 Å². The Balaban J connectivity index is 1.46. The minimum Gasteiger partial charge on any atom is -0.343 e. The van der Waals surface area contributed by atoms with Crippen molar-refractivity contribution in [2.75, 3.05) is 32.7 Å². The highest BCUT2D eigenvalue weighted by atomic mass is 16.2. The highest BCUT2D eigenvalue weighted by molar-refractivity contribution is 5.78. The average Bonchev–Trinajstić information content (AvgIpc) is 3.01. The van der Waals surface area contributed by atoms with Gasteiger partial charge in [-0.05, 0) is 18.4 Å². The Morgan fingerprint density at radius 1 is 1.22 bits per heavy atom. The molecule has 2 fully saturated rings. The van der Waals surface area contributed by atoms with Gasteiger partial charge in [0.25, 0.3) is 0 Å². The molecule has 124 valence electrons. The number of hydrogen-bond acceptors (Lipinski definition) is 3. The first-order valence-corrected chi connectivity index (χ1v) is 8.58. The van der Waals surface area contributed by atoms with Crippen LogP contribution in [-0.4, -0.2) is 54.3 Å². The second kappa shape index (κ2) is 7.59. The smallest absolute Gasteiger partial charge is 0.222 e. The Morgan fingerprint density at radius 2 is 2.04 bits per heavy atom. The zero-order chi connectivity index (χ0) is 16.1. The van der Waals surface area contributed by atoms with E-state index in [0.717, 1.165) is 45.6 Å². The van der Waals surface area contributed by atoms with Crippen molar-refractivity contribution >= 4 is 11.8 Å². The van der Waals surface area contributed by atoms with Gasteiger partial charge in [-0.15, -0.1) is 0 Å². The molecule has 3 rings (SSSR count). The number of piperazine rings is 1. The minimum absolute atomic E-state index is 0.207. The van der Waals surface area contributed by atoms with E-state index in [4.69, 9.17) is 0 Å². The molecule has 2 heterocycles. The summed E-state index contributed by atoms with van der Waals surface area (Å²) in [5.74, 6) is 0.447. The Hall–Kier alpha value is -1.88. The highest BCUT2D eigenvalue weighted by Crippen LogP contribution is 2.18. The summed E-state index contributed by atoms with van der Waals surface area (Å²) < 4.78 is 0. The number of nitrogens with zero attached hydrogens (tertiary/aromatic N) is 2. The van der Waals surface area contributed by atoms with Crippen LogP contribution in [0.1, 0.15) is 37.3 Å². The number of carbonyl (C=O) groups is 2. The van der Waals surface area contributed by atoms with Gasteiger partial charge in [-0.3, -0.25) is 9.59 Å². The maximum atomic E-state index is 12.4. The molecule has 1 unspecified atom stereocenters. The van der Waals surface area contributed by atoms with Gasteiger partial charge in [-0.25, -0.2) is 0 Å². The molecule has 2 amide bonds. The molecular formula is C18H25N3O2. The average molecular weight is 315 g/mol. The summed E-state index contributed by atoms with van der Waals surface area (Å²) in [6, 6.07) is 10.5. The van der Waals surface area contributed by atoms with Crippen molar-refractivity contribution in [1.82, 2.24) is 15.1 Å². The predicted molar refractivity (Wildman–Crippen MR) is 88.8 cm³/mol. The van der Waals surface area contributed by atoms with Crippen LogP contribution in [0.4, 0.5) is 0 Å². The van der Waals surface area contributed by atoms with Crippen molar-refractivity contribution in [3.05, 3.63) is 35.9 Å². The third-order valence-electron chi connectivity index (χ3n) is 4.72. The summed E-state index contributed by atoms with van der Waals surface area (Å²) in [6.45, 7) is 3.90. The maximum Gasteiger partial charge on any atom is 0.222 e. The van der Waals surface area contributed by atoms with Gasteiger partial charge >= 0.3 is 0 Å². The van der Waals surface area contributed by atoms with Crippen molar-refractivity contribution in [3.8, 4) is 0 Å².